The molecule has 0 aliphatic heterocycles. The molecular formula is C13H19N3O3S2. The zero-order chi connectivity index (χ0) is 15.5. The Kier molecular flexibility index (Phi) is 5.15. The van der Waals surface area contributed by atoms with Crippen LogP contribution in [0.5, 0.6) is 0 Å². The van der Waals surface area contributed by atoms with Crippen LogP contribution in [0.4, 0.5) is 0 Å². The fourth-order valence-electron chi connectivity index (χ4n) is 1.94. The number of hydrogen-bond acceptors (Lipinski definition) is 5. The van der Waals surface area contributed by atoms with E-state index in [1.54, 1.807) is 0 Å². The van der Waals surface area contributed by atoms with E-state index in [1.807, 2.05) is 31.4 Å². The molecule has 0 aliphatic carbocycles. The first-order valence-corrected chi connectivity index (χ1v) is 8.94. The summed E-state index contributed by atoms with van der Waals surface area (Å²) < 4.78 is 28.3. The fourth-order valence-corrected chi connectivity index (χ4v) is 4.29. The van der Waals surface area contributed by atoms with Gasteiger partial charge in [-0.1, -0.05) is 6.07 Å². The second-order valence-electron chi connectivity index (χ2n) is 4.89. The lowest BCUT2D eigenvalue weighted by atomic mass is 10.4. The predicted molar refractivity (Wildman–Crippen MR) is 81.5 cm³/mol. The average Bonchev–Trinajstić information content (AvgIpc) is 3.07. The van der Waals surface area contributed by atoms with Gasteiger partial charge in [0.05, 0.1) is 19.3 Å². The topological polar surface area (TPSA) is 75.4 Å². The van der Waals surface area contributed by atoms with E-state index >= 15 is 0 Å². The van der Waals surface area contributed by atoms with Crippen LogP contribution < -0.4 is 0 Å². The van der Waals surface area contributed by atoms with Gasteiger partial charge in [0.15, 0.2) is 0 Å². The maximum absolute atomic E-state index is 12.7. The molecule has 116 valence electrons. The second-order valence-corrected chi connectivity index (χ2v) is 7.81. The third-order valence-corrected chi connectivity index (χ3v) is 5.85. The van der Waals surface area contributed by atoms with Crippen molar-refractivity contribution in [3.8, 4) is 0 Å². The SMILES string of the molecule is CC(C)N(Cc1cccs1)S(=O)(=O)c1cnn(CCO)c1. The molecule has 0 saturated heterocycles. The molecule has 0 bridgehead atoms. The Morgan fingerprint density at radius 2 is 2.24 bits per heavy atom. The second kappa shape index (κ2) is 6.69. The van der Waals surface area contributed by atoms with E-state index in [9.17, 15) is 8.42 Å². The van der Waals surface area contributed by atoms with Crippen LogP contribution >= 0.6 is 11.3 Å². The minimum absolute atomic E-state index is 0.0791. The number of sulfonamides is 1. The van der Waals surface area contributed by atoms with Gasteiger partial charge in [-0.05, 0) is 25.3 Å². The van der Waals surface area contributed by atoms with Crippen molar-refractivity contribution >= 4 is 21.4 Å². The predicted octanol–water partition coefficient (Wildman–Crippen LogP) is 1.54. The molecule has 0 spiro atoms. The summed E-state index contributed by atoms with van der Waals surface area (Å²) in [6.07, 6.45) is 2.78. The molecule has 0 saturated carbocycles. The minimum Gasteiger partial charge on any atom is -0.394 e. The molecule has 21 heavy (non-hydrogen) atoms. The van der Waals surface area contributed by atoms with E-state index < -0.39 is 10.0 Å². The molecule has 0 aromatic carbocycles. The van der Waals surface area contributed by atoms with Gasteiger partial charge in [-0.15, -0.1) is 11.3 Å². The van der Waals surface area contributed by atoms with Gasteiger partial charge in [-0.3, -0.25) is 4.68 Å². The highest BCUT2D eigenvalue weighted by Crippen LogP contribution is 2.22. The van der Waals surface area contributed by atoms with E-state index in [4.69, 9.17) is 5.11 Å². The number of thiophene rings is 1. The Hall–Kier alpha value is -1.22. The highest BCUT2D eigenvalue weighted by molar-refractivity contribution is 7.89. The van der Waals surface area contributed by atoms with Crippen LogP contribution in [0.25, 0.3) is 0 Å². The maximum atomic E-state index is 12.7. The molecule has 2 aromatic heterocycles. The summed E-state index contributed by atoms with van der Waals surface area (Å²) in [5.74, 6) is 0. The number of aromatic nitrogens is 2. The molecule has 0 atom stereocenters. The highest BCUT2D eigenvalue weighted by atomic mass is 32.2. The van der Waals surface area contributed by atoms with Gasteiger partial charge < -0.3 is 5.11 Å². The molecule has 0 amide bonds. The number of rotatable bonds is 7. The first kappa shape index (κ1) is 16.2. The summed E-state index contributed by atoms with van der Waals surface area (Å²) >= 11 is 1.53. The lowest BCUT2D eigenvalue weighted by Crippen LogP contribution is -2.36. The Balaban J connectivity index is 2.28. The Morgan fingerprint density at radius 3 is 2.81 bits per heavy atom. The standard InChI is InChI=1S/C13H19N3O3S2/c1-11(2)16(9-12-4-3-7-20-12)21(18,19)13-8-14-15(10-13)5-6-17/h3-4,7-8,10-11,17H,5-6,9H2,1-2H3. The third kappa shape index (κ3) is 3.70. The smallest absolute Gasteiger partial charge is 0.246 e. The molecule has 0 fully saturated rings. The largest absolute Gasteiger partial charge is 0.394 e. The molecule has 1 N–H and O–H groups in total. The van der Waals surface area contributed by atoms with Crippen molar-refractivity contribution in [2.24, 2.45) is 0 Å². The van der Waals surface area contributed by atoms with Crippen LogP contribution in [0, 0.1) is 0 Å². The zero-order valence-electron chi connectivity index (χ0n) is 12.0. The zero-order valence-corrected chi connectivity index (χ0v) is 13.6. The van der Waals surface area contributed by atoms with Gasteiger partial charge in [0.25, 0.3) is 0 Å². The molecule has 0 unspecified atom stereocenters. The molecule has 8 heteroatoms. The first-order valence-electron chi connectivity index (χ1n) is 6.62. The van der Waals surface area contributed by atoms with Crippen LogP contribution in [0.1, 0.15) is 18.7 Å². The van der Waals surface area contributed by atoms with Gasteiger partial charge in [-0.25, -0.2) is 8.42 Å². The summed E-state index contributed by atoms with van der Waals surface area (Å²) in [5.41, 5.74) is 0. The lowest BCUT2D eigenvalue weighted by molar-refractivity contribution is 0.269. The van der Waals surface area contributed by atoms with Crippen LogP contribution in [-0.4, -0.2) is 40.3 Å². The van der Waals surface area contributed by atoms with Crippen LogP contribution in [-0.2, 0) is 23.1 Å². The molecule has 6 nitrogen and oxygen atoms in total. The average molecular weight is 329 g/mol. The van der Waals surface area contributed by atoms with Crippen LogP contribution in [0.2, 0.25) is 0 Å². The maximum Gasteiger partial charge on any atom is 0.246 e. The normalized spacial score (nSPS) is 12.4. The number of nitrogens with zero attached hydrogens (tertiary/aromatic N) is 3. The first-order chi connectivity index (χ1) is 9.95. The molecule has 2 aromatic rings. The van der Waals surface area contributed by atoms with E-state index in [0.717, 1.165) is 4.88 Å². The Morgan fingerprint density at radius 1 is 1.48 bits per heavy atom. The minimum atomic E-state index is -3.60. The lowest BCUT2D eigenvalue weighted by Gasteiger charge is -2.24. The van der Waals surface area contributed by atoms with Crippen molar-refractivity contribution in [3.05, 3.63) is 34.8 Å². The molecule has 0 aliphatic rings. The van der Waals surface area contributed by atoms with Gasteiger partial charge in [0.2, 0.25) is 10.0 Å². The highest BCUT2D eigenvalue weighted by Gasteiger charge is 2.28. The number of aliphatic hydroxyl groups is 1. The van der Waals surface area contributed by atoms with Crippen molar-refractivity contribution in [2.75, 3.05) is 6.61 Å². The van der Waals surface area contributed by atoms with Crippen LogP contribution in [0.3, 0.4) is 0 Å². The number of hydrogen-bond donors (Lipinski definition) is 1. The molecular weight excluding hydrogens is 310 g/mol. The van der Waals surface area contributed by atoms with E-state index in [0.29, 0.717) is 6.54 Å². The Labute approximate surface area is 128 Å². The quantitative estimate of drug-likeness (QED) is 0.836. The van der Waals surface area contributed by atoms with Crippen molar-refractivity contribution in [3.63, 3.8) is 0 Å². The van der Waals surface area contributed by atoms with Gasteiger partial charge in [0, 0.05) is 23.7 Å². The van der Waals surface area contributed by atoms with Crippen molar-refractivity contribution < 1.29 is 13.5 Å². The van der Waals surface area contributed by atoms with Crippen LogP contribution in [0.15, 0.2) is 34.8 Å². The number of aliphatic hydroxyl groups excluding tert-OH is 1. The van der Waals surface area contributed by atoms with E-state index in [1.165, 1.54) is 32.7 Å². The van der Waals surface area contributed by atoms with Crippen molar-refractivity contribution in [1.29, 1.82) is 0 Å². The van der Waals surface area contributed by atoms with E-state index in [-0.39, 0.29) is 24.1 Å². The summed E-state index contributed by atoms with van der Waals surface area (Å²) in [5, 5.41) is 14.8. The van der Waals surface area contributed by atoms with Gasteiger partial charge >= 0.3 is 0 Å². The Bertz CT molecular complexity index is 663. The third-order valence-electron chi connectivity index (χ3n) is 3.01. The van der Waals surface area contributed by atoms with Crippen molar-refractivity contribution in [2.45, 2.75) is 37.9 Å². The van der Waals surface area contributed by atoms with Gasteiger partial charge in [-0.2, -0.15) is 9.40 Å². The molecule has 0 radical (unpaired) electrons. The summed E-state index contributed by atoms with van der Waals surface area (Å²) in [6.45, 7) is 4.25. The summed E-state index contributed by atoms with van der Waals surface area (Å²) in [4.78, 5) is 1.15. The monoisotopic (exact) mass is 329 g/mol. The molecule has 2 heterocycles. The van der Waals surface area contributed by atoms with Crippen molar-refractivity contribution in [1.82, 2.24) is 14.1 Å². The fraction of sp³-hybridized carbons (Fsp3) is 0.462. The molecule has 2 rings (SSSR count). The van der Waals surface area contributed by atoms with Gasteiger partial charge in [0.1, 0.15) is 4.90 Å². The summed E-state index contributed by atoms with van der Waals surface area (Å²) in [6, 6.07) is 3.67. The summed E-state index contributed by atoms with van der Waals surface area (Å²) in [7, 11) is -3.60. The van der Waals surface area contributed by atoms with E-state index in [2.05, 4.69) is 5.10 Å².